The molecule has 0 aliphatic rings. The lowest BCUT2D eigenvalue weighted by Gasteiger charge is -2.19. The molecule has 0 spiro atoms. The predicted molar refractivity (Wildman–Crippen MR) is 141 cm³/mol. The van der Waals surface area contributed by atoms with Gasteiger partial charge >= 0.3 is 5.97 Å². The molecule has 0 amide bonds. The van der Waals surface area contributed by atoms with Gasteiger partial charge in [0.1, 0.15) is 36.0 Å². The van der Waals surface area contributed by atoms with Crippen molar-refractivity contribution < 1.29 is 24.1 Å². The topological polar surface area (TPSA) is 65.0 Å². The van der Waals surface area contributed by atoms with Crippen molar-refractivity contribution in [2.75, 3.05) is 7.11 Å². The van der Waals surface area contributed by atoms with Crippen molar-refractivity contribution in [1.29, 1.82) is 0 Å². The van der Waals surface area contributed by atoms with E-state index in [1.165, 1.54) is 0 Å². The summed E-state index contributed by atoms with van der Waals surface area (Å²) in [6.07, 6.45) is 0. The molecule has 4 rings (SSSR count). The standard InChI is InChI=1S/C31H30O5/c1-21(2)24-14-15-28(34-3)25(16-24)26-17-27(31(32)33)30(36-20-23-12-8-5-9-13-23)18-29(26)35-19-22-10-6-4-7-11-22/h4-18,21H,19-20H2,1-3H3,(H,32,33). The number of aromatic carboxylic acids is 1. The zero-order chi connectivity index (χ0) is 25.5. The summed E-state index contributed by atoms with van der Waals surface area (Å²) in [4.78, 5) is 12.3. The molecule has 0 aliphatic carbocycles. The maximum absolute atomic E-state index is 12.3. The number of hydrogen-bond acceptors (Lipinski definition) is 4. The molecule has 0 unspecified atom stereocenters. The SMILES string of the molecule is COc1ccc(C(C)C)cc1-c1cc(C(=O)O)c(OCc2ccccc2)cc1OCc1ccccc1. The monoisotopic (exact) mass is 482 g/mol. The van der Waals surface area contributed by atoms with Crippen molar-refractivity contribution in [2.45, 2.75) is 33.0 Å². The zero-order valence-corrected chi connectivity index (χ0v) is 20.7. The lowest BCUT2D eigenvalue weighted by molar-refractivity contribution is 0.0691. The first kappa shape index (κ1) is 24.9. The van der Waals surface area contributed by atoms with Crippen LogP contribution in [0.3, 0.4) is 0 Å². The number of carboxylic acids is 1. The Morgan fingerprint density at radius 2 is 1.28 bits per heavy atom. The second-order valence-electron chi connectivity index (χ2n) is 8.81. The molecule has 5 nitrogen and oxygen atoms in total. The number of methoxy groups -OCH3 is 1. The van der Waals surface area contributed by atoms with Crippen LogP contribution in [0.1, 0.15) is 46.8 Å². The lowest BCUT2D eigenvalue weighted by Crippen LogP contribution is -2.06. The first-order valence-electron chi connectivity index (χ1n) is 11.9. The highest BCUT2D eigenvalue weighted by Gasteiger charge is 2.21. The molecule has 0 heterocycles. The summed E-state index contributed by atoms with van der Waals surface area (Å²) in [5.74, 6) is 0.616. The van der Waals surface area contributed by atoms with Crippen LogP contribution in [-0.2, 0) is 13.2 Å². The molecule has 184 valence electrons. The van der Waals surface area contributed by atoms with Crippen molar-refractivity contribution in [3.63, 3.8) is 0 Å². The van der Waals surface area contributed by atoms with E-state index in [1.54, 1.807) is 19.2 Å². The minimum atomic E-state index is -1.08. The van der Waals surface area contributed by atoms with Crippen LogP contribution in [0.15, 0.2) is 91.0 Å². The molecular formula is C31H30O5. The fourth-order valence-electron chi connectivity index (χ4n) is 3.94. The molecule has 5 heteroatoms. The van der Waals surface area contributed by atoms with E-state index in [4.69, 9.17) is 14.2 Å². The Bertz CT molecular complexity index is 1310. The van der Waals surface area contributed by atoms with E-state index in [0.29, 0.717) is 23.7 Å². The van der Waals surface area contributed by atoms with Crippen LogP contribution in [0.4, 0.5) is 0 Å². The van der Waals surface area contributed by atoms with E-state index < -0.39 is 5.97 Å². The van der Waals surface area contributed by atoms with E-state index >= 15 is 0 Å². The molecule has 0 bridgehead atoms. The van der Waals surface area contributed by atoms with Crippen LogP contribution in [0.25, 0.3) is 11.1 Å². The van der Waals surface area contributed by atoms with Gasteiger partial charge in [-0.2, -0.15) is 0 Å². The number of carbonyl (C=O) groups is 1. The van der Waals surface area contributed by atoms with Gasteiger partial charge < -0.3 is 19.3 Å². The van der Waals surface area contributed by atoms with E-state index in [2.05, 4.69) is 13.8 Å². The summed E-state index contributed by atoms with van der Waals surface area (Å²) in [5.41, 5.74) is 4.51. The Morgan fingerprint density at radius 1 is 0.722 bits per heavy atom. The van der Waals surface area contributed by atoms with Gasteiger partial charge in [0.2, 0.25) is 0 Å². The molecule has 1 N–H and O–H groups in total. The minimum Gasteiger partial charge on any atom is -0.496 e. The highest BCUT2D eigenvalue weighted by Crippen LogP contribution is 2.42. The van der Waals surface area contributed by atoms with E-state index in [0.717, 1.165) is 22.3 Å². The van der Waals surface area contributed by atoms with Crippen LogP contribution in [0.5, 0.6) is 17.2 Å². The highest BCUT2D eigenvalue weighted by molar-refractivity contribution is 5.94. The molecule has 0 radical (unpaired) electrons. The van der Waals surface area contributed by atoms with Crippen molar-refractivity contribution in [3.05, 3.63) is 113 Å². The minimum absolute atomic E-state index is 0.0602. The fourth-order valence-corrected chi connectivity index (χ4v) is 3.94. The third-order valence-corrected chi connectivity index (χ3v) is 5.97. The molecule has 0 saturated carbocycles. The predicted octanol–water partition coefficient (Wildman–Crippen LogP) is 7.34. The van der Waals surface area contributed by atoms with Crippen LogP contribution in [-0.4, -0.2) is 18.2 Å². The van der Waals surface area contributed by atoms with E-state index in [-0.39, 0.29) is 23.8 Å². The number of benzene rings is 4. The Kier molecular flexibility index (Phi) is 7.91. The van der Waals surface area contributed by atoms with Crippen molar-refractivity contribution in [2.24, 2.45) is 0 Å². The van der Waals surface area contributed by atoms with Gasteiger partial charge in [-0.1, -0.05) is 80.6 Å². The number of carboxylic acid groups (broad SMARTS) is 1. The van der Waals surface area contributed by atoms with Crippen molar-refractivity contribution >= 4 is 5.97 Å². The summed E-state index contributed by atoms with van der Waals surface area (Å²) >= 11 is 0. The molecular weight excluding hydrogens is 452 g/mol. The van der Waals surface area contributed by atoms with Gasteiger partial charge in [-0.05, 0) is 40.8 Å². The molecule has 0 aliphatic heterocycles. The second-order valence-corrected chi connectivity index (χ2v) is 8.81. The van der Waals surface area contributed by atoms with Crippen LogP contribution >= 0.6 is 0 Å². The van der Waals surface area contributed by atoms with Gasteiger partial charge in [0.05, 0.1) is 7.11 Å². The van der Waals surface area contributed by atoms with E-state index in [9.17, 15) is 9.90 Å². The van der Waals surface area contributed by atoms with Crippen molar-refractivity contribution in [1.82, 2.24) is 0 Å². The molecule has 0 aromatic heterocycles. The average Bonchev–Trinajstić information content (AvgIpc) is 2.91. The number of ether oxygens (including phenoxy) is 3. The first-order chi connectivity index (χ1) is 17.5. The summed E-state index contributed by atoms with van der Waals surface area (Å²) < 4.78 is 17.9. The van der Waals surface area contributed by atoms with Crippen LogP contribution in [0, 0.1) is 0 Å². The maximum Gasteiger partial charge on any atom is 0.339 e. The summed E-state index contributed by atoms with van der Waals surface area (Å²) in [6, 6.07) is 28.7. The van der Waals surface area contributed by atoms with Crippen LogP contribution in [0.2, 0.25) is 0 Å². The van der Waals surface area contributed by atoms with Crippen molar-refractivity contribution in [3.8, 4) is 28.4 Å². The highest BCUT2D eigenvalue weighted by atomic mass is 16.5. The Balaban J connectivity index is 1.81. The first-order valence-corrected chi connectivity index (χ1v) is 11.9. The fraction of sp³-hybridized carbons (Fsp3) is 0.194. The summed E-state index contributed by atoms with van der Waals surface area (Å²) in [5, 5.41) is 10.1. The molecule has 4 aromatic carbocycles. The third kappa shape index (κ3) is 5.87. The molecule has 0 fully saturated rings. The second kappa shape index (κ2) is 11.5. The summed E-state index contributed by atoms with van der Waals surface area (Å²) in [7, 11) is 1.60. The zero-order valence-electron chi connectivity index (χ0n) is 20.7. The molecule has 4 aromatic rings. The quantitative estimate of drug-likeness (QED) is 0.256. The smallest absolute Gasteiger partial charge is 0.339 e. The van der Waals surface area contributed by atoms with Gasteiger partial charge in [0, 0.05) is 17.2 Å². The van der Waals surface area contributed by atoms with E-state index in [1.807, 2.05) is 78.9 Å². The lowest BCUT2D eigenvalue weighted by atomic mass is 9.94. The van der Waals surface area contributed by atoms with Crippen LogP contribution < -0.4 is 14.2 Å². The number of rotatable bonds is 10. The van der Waals surface area contributed by atoms with Gasteiger partial charge in [-0.25, -0.2) is 4.79 Å². The van der Waals surface area contributed by atoms with Gasteiger partial charge in [0.25, 0.3) is 0 Å². The Morgan fingerprint density at radius 3 is 1.81 bits per heavy atom. The molecule has 0 atom stereocenters. The third-order valence-electron chi connectivity index (χ3n) is 5.97. The largest absolute Gasteiger partial charge is 0.496 e. The summed E-state index contributed by atoms with van der Waals surface area (Å²) in [6.45, 7) is 4.79. The average molecular weight is 483 g/mol. The normalized spacial score (nSPS) is 10.8. The van der Waals surface area contributed by atoms with Gasteiger partial charge in [-0.15, -0.1) is 0 Å². The maximum atomic E-state index is 12.3. The van der Waals surface area contributed by atoms with Gasteiger partial charge in [0.15, 0.2) is 0 Å². The Labute approximate surface area is 211 Å². The Hall–Kier alpha value is -4.25. The number of hydrogen-bond donors (Lipinski definition) is 1. The van der Waals surface area contributed by atoms with Gasteiger partial charge in [-0.3, -0.25) is 0 Å². The molecule has 36 heavy (non-hydrogen) atoms. The molecule has 0 saturated heterocycles.